The molecule has 0 bridgehead atoms. The quantitative estimate of drug-likeness (QED) is 0.767. The van der Waals surface area contributed by atoms with E-state index in [1.165, 1.54) is 10.5 Å². The van der Waals surface area contributed by atoms with Crippen LogP contribution in [0.4, 0.5) is 5.82 Å². The number of benzene rings is 1. The first-order valence-corrected chi connectivity index (χ1v) is 8.41. The molecule has 1 N–H and O–H groups in total. The summed E-state index contributed by atoms with van der Waals surface area (Å²) in [6, 6.07) is 8.48. The molecule has 0 atom stereocenters. The van der Waals surface area contributed by atoms with Crippen LogP contribution in [-0.2, 0) is 5.75 Å². The van der Waals surface area contributed by atoms with Crippen molar-refractivity contribution in [1.29, 1.82) is 0 Å². The molecule has 1 aromatic carbocycles. The van der Waals surface area contributed by atoms with Crippen molar-refractivity contribution in [2.45, 2.75) is 30.9 Å². The van der Waals surface area contributed by atoms with Crippen LogP contribution in [0.2, 0.25) is 0 Å². The molecule has 3 nitrogen and oxygen atoms in total. The van der Waals surface area contributed by atoms with Crippen LogP contribution < -0.4 is 5.32 Å². The zero-order valence-electron chi connectivity index (χ0n) is 11.7. The van der Waals surface area contributed by atoms with Gasteiger partial charge in [0.2, 0.25) is 0 Å². The summed E-state index contributed by atoms with van der Waals surface area (Å²) in [5, 5.41) is 3.30. The largest absolute Gasteiger partial charge is 0.369 e. The maximum Gasteiger partial charge on any atom is 0.144 e. The van der Waals surface area contributed by atoms with Crippen LogP contribution in [0.25, 0.3) is 0 Å². The second kappa shape index (κ2) is 7.64. The SMILES string of the molecule is CCCNc1nc(CSc2cccc(C)c2)ncc1Br. The predicted octanol–water partition coefficient (Wildman–Crippen LogP) is 4.66. The Balaban J connectivity index is 2.02. The average Bonchev–Trinajstić information content (AvgIpc) is 2.45. The first kappa shape index (κ1) is 15.3. The van der Waals surface area contributed by atoms with E-state index >= 15 is 0 Å². The van der Waals surface area contributed by atoms with Gasteiger partial charge in [-0.3, -0.25) is 0 Å². The van der Waals surface area contributed by atoms with Crippen LogP contribution in [0.3, 0.4) is 0 Å². The summed E-state index contributed by atoms with van der Waals surface area (Å²) in [5.74, 6) is 2.50. The van der Waals surface area contributed by atoms with Gasteiger partial charge in [-0.25, -0.2) is 9.97 Å². The lowest BCUT2D eigenvalue weighted by atomic mass is 10.2. The van der Waals surface area contributed by atoms with Crippen molar-refractivity contribution in [1.82, 2.24) is 9.97 Å². The molecule has 0 unspecified atom stereocenters. The zero-order valence-corrected chi connectivity index (χ0v) is 14.1. The fourth-order valence-electron chi connectivity index (χ4n) is 1.69. The van der Waals surface area contributed by atoms with Crippen molar-refractivity contribution in [3.63, 3.8) is 0 Å². The number of aryl methyl sites for hydroxylation is 1. The lowest BCUT2D eigenvalue weighted by Gasteiger charge is -2.08. The molecule has 0 spiro atoms. The number of anilines is 1. The monoisotopic (exact) mass is 351 g/mol. The highest BCUT2D eigenvalue weighted by Gasteiger charge is 2.05. The summed E-state index contributed by atoms with van der Waals surface area (Å²) in [5.41, 5.74) is 1.28. The number of aromatic nitrogens is 2. The third-order valence-corrected chi connectivity index (χ3v) is 4.26. The molecule has 2 rings (SSSR count). The Labute approximate surface area is 132 Å². The normalized spacial score (nSPS) is 10.6. The molecule has 0 fully saturated rings. The third kappa shape index (κ3) is 4.49. The fourth-order valence-corrected chi connectivity index (χ4v) is 2.90. The van der Waals surface area contributed by atoms with Crippen LogP contribution in [0, 0.1) is 6.92 Å². The smallest absolute Gasteiger partial charge is 0.144 e. The van der Waals surface area contributed by atoms with Gasteiger partial charge in [0.15, 0.2) is 0 Å². The molecular weight excluding hydrogens is 334 g/mol. The second-order valence-corrected chi connectivity index (χ2v) is 6.42. The Morgan fingerprint density at radius 1 is 1.35 bits per heavy atom. The molecule has 5 heteroatoms. The van der Waals surface area contributed by atoms with Gasteiger partial charge in [-0.05, 0) is 41.4 Å². The molecule has 0 aliphatic heterocycles. The summed E-state index contributed by atoms with van der Waals surface area (Å²) in [6.45, 7) is 5.16. The van der Waals surface area contributed by atoms with Gasteiger partial charge in [0.25, 0.3) is 0 Å². The van der Waals surface area contributed by atoms with E-state index in [9.17, 15) is 0 Å². The molecule has 0 aliphatic rings. The summed E-state index contributed by atoms with van der Waals surface area (Å²) >= 11 is 5.23. The van der Waals surface area contributed by atoms with E-state index in [1.54, 1.807) is 11.8 Å². The lowest BCUT2D eigenvalue weighted by molar-refractivity contribution is 0.946. The van der Waals surface area contributed by atoms with Gasteiger partial charge in [0.1, 0.15) is 11.6 Å². The summed E-state index contributed by atoms with van der Waals surface area (Å²) < 4.78 is 0.912. The van der Waals surface area contributed by atoms with Crippen molar-refractivity contribution in [2.24, 2.45) is 0 Å². The Morgan fingerprint density at radius 3 is 2.95 bits per heavy atom. The topological polar surface area (TPSA) is 37.8 Å². The van der Waals surface area contributed by atoms with E-state index in [0.29, 0.717) is 0 Å². The van der Waals surface area contributed by atoms with E-state index in [-0.39, 0.29) is 0 Å². The summed E-state index contributed by atoms with van der Waals surface area (Å²) in [7, 11) is 0. The molecule has 106 valence electrons. The van der Waals surface area contributed by atoms with Crippen molar-refractivity contribution >= 4 is 33.5 Å². The first-order valence-electron chi connectivity index (χ1n) is 6.64. The zero-order chi connectivity index (χ0) is 14.4. The van der Waals surface area contributed by atoms with Crippen molar-refractivity contribution < 1.29 is 0 Å². The minimum atomic E-state index is 0.775. The number of nitrogens with zero attached hydrogens (tertiary/aromatic N) is 2. The Kier molecular flexibility index (Phi) is 5.86. The first-order chi connectivity index (χ1) is 9.69. The van der Waals surface area contributed by atoms with Crippen LogP contribution >= 0.6 is 27.7 Å². The van der Waals surface area contributed by atoms with Crippen LogP contribution in [0.1, 0.15) is 24.7 Å². The standard InChI is InChI=1S/C15H18BrN3S/c1-3-7-17-15-13(16)9-18-14(19-15)10-20-12-6-4-5-11(2)8-12/h4-6,8-9H,3,7,10H2,1-2H3,(H,17,18,19). The number of hydrogen-bond acceptors (Lipinski definition) is 4. The summed E-state index contributed by atoms with van der Waals surface area (Å²) in [6.07, 6.45) is 2.89. The second-order valence-electron chi connectivity index (χ2n) is 4.51. The van der Waals surface area contributed by atoms with Crippen molar-refractivity contribution in [3.8, 4) is 0 Å². The maximum atomic E-state index is 4.56. The van der Waals surface area contributed by atoms with Crippen LogP contribution in [0.5, 0.6) is 0 Å². The van der Waals surface area contributed by atoms with Crippen molar-refractivity contribution in [2.75, 3.05) is 11.9 Å². The van der Waals surface area contributed by atoms with Crippen molar-refractivity contribution in [3.05, 3.63) is 46.3 Å². The van der Waals surface area contributed by atoms with Gasteiger partial charge < -0.3 is 5.32 Å². The van der Waals surface area contributed by atoms with Crippen LogP contribution in [0.15, 0.2) is 39.8 Å². The molecule has 0 saturated heterocycles. The van der Waals surface area contributed by atoms with E-state index in [2.05, 4.69) is 69.3 Å². The maximum absolute atomic E-state index is 4.56. The molecular formula is C15H18BrN3S. The van der Waals surface area contributed by atoms with Gasteiger partial charge in [-0.2, -0.15) is 0 Å². The van der Waals surface area contributed by atoms with Gasteiger partial charge in [-0.1, -0.05) is 24.6 Å². The van der Waals surface area contributed by atoms with E-state index in [4.69, 9.17) is 0 Å². The summed E-state index contributed by atoms with van der Waals surface area (Å²) in [4.78, 5) is 10.2. The van der Waals surface area contributed by atoms with E-state index < -0.39 is 0 Å². The molecule has 20 heavy (non-hydrogen) atoms. The minimum absolute atomic E-state index is 0.775. The Hall–Kier alpha value is -1.07. The van der Waals surface area contributed by atoms with E-state index in [0.717, 1.165) is 34.8 Å². The highest BCUT2D eigenvalue weighted by molar-refractivity contribution is 9.10. The minimum Gasteiger partial charge on any atom is -0.369 e. The van der Waals surface area contributed by atoms with E-state index in [1.807, 2.05) is 6.20 Å². The highest BCUT2D eigenvalue weighted by atomic mass is 79.9. The molecule has 0 amide bonds. The lowest BCUT2D eigenvalue weighted by Crippen LogP contribution is -2.05. The molecule has 0 saturated carbocycles. The number of nitrogens with one attached hydrogen (secondary N) is 1. The van der Waals surface area contributed by atoms with Gasteiger partial charge in [0.05, 0.1) is 10.2 Å². The molecule has 0 radical (unpaired) electrons. The number of thioether (sulfide) groups is 1. The van der Waals surface area contributed by atoms with Gasteiger partial charge >= 0.3 is 0 Å². The van der Waals surface area contributed by atoms with Gasteiger partial charge in [-0.15, -0.1) is 11.8 Å². The number of halogens is 1. The molecule has 1 heterocycles. The van der Waals surface area contributed by atoms with Crippen LogP contribution in [-0.4, -0.2) is 16.5 Å². The molecule has 1 aromatic heterocycles. The molecule has 0 aliphatic carbocycles. The predicted molar refractivity (Wildman–Crippen MR) is 89.3 cm³/mol. The number of rotatable bonds is 6. The number of hydrogen-bond donors (Lipinski definition) is 1. The van der Waals surface area contributed by atoms with Gasteiger partial charge in [0, 0.05) is 17.6 Å². The molecule has 2 aromatic rings. The Bertz CT molecular complexity index is 575. The fraction of sp³-hybridized carbons (Fsp3) is 0.333. The highest BCUT2D eigenvalue weighted by Crippen LogP contribution is 2.24. The Morgan fingerprint density at radius 2 is 2.20 bits per heavy atom. The third-order valence-electron chi connectivity index (χ3n) is 2.69. The average molecular weight is 352 g/mol.